The molecule has 5 nitrogen and oxygen atoms in total. The molecule has 0 bridgehead atoms. The third-order valence-corrected chi connectivity index (χ3v) is 3.48. The molecule has 1 rings (SSSR count). The lowest BCUT2D eigenvalue weighted by Crippen LogP contribution is -2.28. The van der Waals surface area contributed by atoms with Crippen LogP contribution in [0.15, 0.2) is 10.7 Å². The first-order chi connectivity index (χ1) is 8.50. The van der Waals surface area contributed by atoms with Crippen LogP contribution in [0, 0.1) is 6.92 Å². The topological polar surface area (TPSA) is 50.2 Å². The summed E-state index contributed by atoms with van der Waals surface area (Å²) in [5.74, 6) is 0.0831. The normalized spacial score (nSPS) is 10.9. The lowest BCUT2D eigenvalue weighted by atomic mass is 10.3. The maximum Gasteiger partial charge on any atom is 0.221 e. The van der Waals surface area contributed by atoms with E-state index in [4.69, 9.17) is 0 Å². The average Bonchev–Trinajstić information content (AvgIpc) is 2.63. The van der Waals surface area contributed by atoms with Gasteiger partial charge in [0.1, 0.15) is 0 Å². The minimum absolute atomic E-state index is 0.0831. The van der Waals surface area contributed by atoms with Crippen molar-refractivity contribution in [1.82, 2.24) is 20.0 Å². The fraction of sp³-hybridized carbons (Fsp3) is 0.667. The monoisotopic (exact) mass is 316 g/mol. The summed E-state index contributed by atoms with van der Waals surface area (Å²) in [4.78, 5) is 13.7. The van der Waals surface area contributed by atoms with Crippen LogP contribution in [-0.4, -0.2) is 47.8 Å². The molecular formula is C12H21BrN4O. The molecule has 0 aliphatic heterocycles. The molecule has 0 aromatic carbocycles. The Morgan fingerprint density at radius 2 is 2.28 bits per heavy atom. The minimum Gasteiger partial charge on any atom is -0.356 e. The van der Waals surface area contributed by atoms with Crippen molar-refractivity contribution in [3.8, 4) is 0 Å². The fourth-order valence-corrected chi connectivity index (χ4v) is 1.86. The van der Waals surface area contributed by atoms with Crippen LogP contribution in [0.1, 0.15) is 18.5 Å². The Hall–Kier alpha value is -0.880. The van der Waals surface area contributed by atoms with E-state index in [1.807, 2.05) is 25.7 Å². The lowest BCUT2D eigenvalue weighted by Gasteiger charge is -2.10. The smallest absolute Gasteiger partial charge is 0.221 e. The van der Waals surface area contributed by atoms with Crippen molar-refractivity contribution in [2.45, 2.75) is 26.3 Å². The van der Waals surface area contributed by atoms with E-state index in [-0.39, 0.29) is 5.91 Å². The molecule has 0 saturated carbocycles. The van der Waals surface area contributed by atoms with Gasteiger partial charge in [0.25, 0.3) is 0 Å². The number of amides is 1. The molecule has 1 aromatic rings. The van der Waals surface area contributed by atoms with Gasteiger partial charge in [0.15, 0.2) is 0 Å². The fourth-order valence-electron chi connectivity index (χ4n) is 1.57. The van der Waals surface area contributed by atoms with Crippen molar-refractivity contribution < 1.29 is 4.79 Å². The molecule has 0 saturated heterocycles. The molecule has 102 valence electrons. The molecule has 6 heteroatoms. The maximum absolute atomic E-state index is 11.6. The summed E-state index contributed by atoms with van der Waals surface area (Å²) in [6.07, 6.45) is 3.20. The van der Waals surface area contributed by atoms with Crippen LogP contribution in [0.4, 0.5) is 0 Å². The first kappa shape index (κ1) is 15.2. The van der Waals surface area contributed by atoms with Crippen molar-refractivity contribution in [3.05, 3.63) is 16.4 Å². The van der Waals surface area contributed by atoms with E-state index in [0.717, 1.165) is 29.7 Å². The van der Waals surface area contributed by atoms with Crippen LogP contribution in [-0.2, 0) is 11.3 Å². The Labute approximate surface area is 117 Å². The van der Waals surface area contributed by atoms with Crippen LogP contribution in [0.25, 0.3) is 0 Å². The Balaban J connectivity index is 2.19. The third-order valence-electron chi connectivity index (χ3n) is 2.70. The minimum atomic E-state index is 0.0831. The zero-order valence-electron chi connectivity index (χ0n) is 11.2. The molecule has 0 radical (unpaired) electrons. The van der Waals surface area contributed by atoms with Crippen molar-refractivity contribution in [2.24, 2.45) is 0 Å². The Bertz CT molecular complexity index is 389. The summed E-state index contributed by atoms with van der Waals surface area (Å²) >= 11 is 3.40. The Morgan fingerprint density at radius 3 is 2.83 bits per heavy atom. The number of hydrogen-bond acceptors (Lipinski definition) is 3. The lowest BCUT2D eigenvalue weighted by molar-refractivity contribution is -0.121. The average molecular weight is 317 g/mol. The molecule has 0 unspecified atom stereocenters. The second-order valence-electron chi connectivity index (χ2n) is 4.56. The van der Waals surface area contributed by atoms with Gasteiger partial charge in [-0.25, -0.2) is 0 Å². The largest absolute Gasteiger partial charge is 0.356 e. The number of carbonyl (C=O) groups is 1. The van der Waals surface area contributed by atoms with Crippen LogP contribution >= 0.6 is 15.9 Å². The number of hydrogen-bond donors (Lipinski definition) is 1. The summed E-state index contributed by atoms with van der Waals surface area (Å²) in [5, 5.41) is 7.11. The van der Waals surface area contributed by atoms with Crippen molar-refractivity contribution >= 4 is 21.8 Å². The number of halogens is 1. The van der Waals surface area contributed by atoms with Crippen LogP contribution in [0.2, 0.25) is 0 Å². The summed E-state index contributed by atoms with van der Waals surface area (Å²) in [6, 6.07) is 0. The third kappa shape index (κ3) is 5.18. The Morgan fingerprint density at radius 1 is 1.56 bits per heavy atom. The van der Waals surface area contributed by atoms with Gasteiger partial charge in [-0.1, -0.05) is 0 Å². The molecule has 0 aliphatic rings. The number of aryl methyl sites for hydroxylation is 1. The predicted octanol–water partition coefficient (Wildman–Crippen LogP) is 1.41. The molecular weight excluding hydrogens is 296 g/mol. The van der Waals surface area contributed by atoms with Crippen LogP contribution < -0.4 is 5.32 Å². The Kier molecular flexibility index (Phi) is 6.35. The predicted molar refractivity (Wildman–Crippen MR) is 75.5 cm³/mol. The van der Waals surface area contributed by atoms with Crippen molar-refractivity contribution in [3.63, 3.8) is 0 Å². The number of rotatable bonds is 7. The SMILES string of the molecule is Cc1c(Br)cnn1CCC(=O)NCCCN(C)C. The molecule has 1 amide bonds. The summed E-state index contributed by atoms with van der Waals surface area (Å²) in [5.41, 5.74) is 1.05. The summed E-state index contributed by atoms with van der Waals surface area (Å²) in [6.45, 7) is 4.33. The molecule has 0 spiro atoms. The number of carbonyl (C=O) groups excluding carboxylic acids is 1. The maximum atomic E-state index is 11.6. The van der Waals surface area contributed by atoms with E-state index in [1.54, 1.807) is 6.20 Å². The first-order valence-electron chi connectivity index (χ1n) is 6.10. The summed E-state index contributed by atoms with van der Waals surface area (Å²) < 4.78 is 2.82. The van der Waals surface area contributed by atoms with E-state index < -0.39 is 0 Å². The quantitative estimate of drug-likeness (QED) is 0.774. The van der Waals surface area contributed by atoms with E-state index in [2.05, 4.69) is 31.2 Å². The molecule has 1 aromatic heterocycles. The zero-order valence-corrected chi connectivity index (χ0v) is 12.8. The molecule has 0 aliphatic carbocycles. The van der Waals surface area contributed by atoms with Gasteiger partial charge in [-0.2, -0.15) is 5.10 Å². The highest BCUT2D eigenvalue weighted by atomic mass is 79.9. The summed E-state index contributed by atoms with van der Waals surface area (Å²) in [7, 11) is 4.06. The molecule has 0 atom stereocenters. The van der Waals surface area contributed by atoms with E-state index >= 15 is 0 Å². The van der Waals surface area contributed by atoms with Crippen LogP contribution in [0.5, 0.6) is 0 Å². The van der Waals surface area contributed by atoms with Gasteiger partial charge in [0.05, 0.1) is 10.7 Å². The molecule has 1 heterocycles. The van der Waals surface area contributed by atoms with E-state index in [0.29, 0.717) is 13.0 Å². The van der Waals surface area contributed by atoms with Gasteiger partial charge in [-0.3, -0.25) is 9.48 Å². The zero-order chi connectivity index (χ0) is 13.5. The number of aromatic nitrogens is 2. The number of nitrogens with one attached hydrogen (secondary N) is 1. The van der Waals surface area contributed by atoms with Crippen molar-refractivity contribution in [2.75, 3.05) is 27.2 Å². The molecule has 1 N–H and O–H groups in total. The highest BCUT2D eigenvalue weighted by Crippen LogP contribution is 2.14. The van der Waals surface area contributed by atoms with Gasteiger partial charge >= 0.3 is 0 Å². The van der Waals surface area contributed by atoms with Gasteiger partial charge in [-0.15, -0.1) is 0 Å². The molecule has 0 fully saturated rings. The van der Waals surface area contributed by atoms with E-state index in [1.165, 1.54) is 0 Å². The van der Waals surface area contributed by atoms with Gasteiger partial charge < -0.3 is 10.2 Å². The molecule has 18 heavy (non-hydrogen) atoms. The van der Waals surface area contributed by atoms with Gasteiger partial charge in [0, 0.05) is 25.2 Å². The second kappa shape index (κ2) is 7.53. The van der Waals surface area contributed by atoms with Crippen molar-refractivity contribution in [1.29, 1.82) is 0 Å². The first-order valence-corrected chi connectivity index (χ1v) is 6.89. The standard InChI is InChI=1S/C12H21BrN4O/c1-10-11(13)9-15-17(10)8-5-12(18)14-6-4-7-16(2)3/h9H,4-8H2,1-3H3,(H,14,18). The highest BCUT2D eigenvalue weighted by molar-refractivity contribution is 9.10. The highest BCUT2D eigenvalue weighted by Gasteiger charge is 2.06. The van der Waals surface area contributed by atoms with Gasteiger partial charge in [0.2, 0.25) is 5.91 Å². The number of nitrogens with zero attached hydrogens (tertiary/aromatic N) is 3. The van der Waals surface area contributed by atoms with Gasteiger partial charge in [-0.05, 0) is 49.9 Å². The van der Waals surface area contributed by atoms with E-state index in [9.17, 15) is 4.79 Å². The second-order valence-corrected chi connectivity index (χ2v) is 5.41. The van der Waals surface area contributed by atoms with Crippen LogP contribution in [0.3, 0.4) is 0 Å².